The van der Waals surface area contributed by atoms with E-state index in [9.17, 15) is 9.59 Å². The van der Waals surface area contributed by atoms with E-state index in [4.69, 9.17) is 10.5 Å². The Hall–Kier alpha value is -2.24. The Labute approximate surface area is 117 Å². The van der Waals surface area contributed by atoms with E-state index in [1.807, 2.05) is 17.9 Å². The molecule has 1 aromatic carbocycles. The van der Waals surface area contributed by atoms with Crippen molar-refractivity contribution in [3.63, 3.8) is 0 Å². The van der Waals surface area contributed by atoms with Gasteiger partial charge in [0.15, 0.2) is 0 Å². The Balaban J connectivity index is 2.31. The fourth-order valence-electron chi connectivity index (χ4n) is 2.24. The number of nitrogens with one attached hydrogen (secondary N) is 1. The molecule has 1 unspecified atom stereocenters. The summed E-state index contributed by atoms with van der Waals surface area (Å²) >= 11 is 0. The van der Waals surface area contributed by atoms with Crippen molar-refractivity contribution >= 4 is 23.3 Å². The molecule has 0 spiro atoms. The number of carbonyl (C=O) groups is 2. The summed E-state index contributed by atoms with van der Waals surface area (Å²) in [5.41, 5.74) is 7.32. The zero-order chi connectivity index (χ0) is 14.7. The molecule has 0 aliphatic carbocycles. The molecule has 6 nitrogen and oxygen atoms in total. The summed E-state index contributed by atoms with van der Waals surface area (Å²) in [5, 5.41) is 2.80. The lowest BCUT2D eigenvalue weighted by molar-refractivity contribution is -0.122. The first-order valence-corrected chi connectivity index (χ1v) is 6.65. The number of rotatable bonds is 3. The Morgan fingerprint density at radius 1 is 1.55 bits per heavy atom. The second-order valence-electron chi connectivity index (χ2n) is 4.65. The Morgan fingerprint density at radius 2 is 2.30 bits per heavy atom. The molecule has 6 heteroatoms. The van der Waals surface area contributed by atoms with Gasteiger partial charge >= 0.3 is 5.97 Å². The Bertz CT molecular complexity index is 530. The second kappa shape index (κ2) is 5.81. The molecule has 0 saturated carbocycles. The minimum absolute atomic E-state index is 0.0224. The molecule has 1 saturated heterocycles. The minimum atomic E-state index is -0.444. The molecule has 1 amide bonds. The maximum atomic E-state index is 11.8. The number of amides is 1. The van der Waals surface area contributed by atoms with Gasteiger partial charge in [-0.1, -0.05) is 0 Å². The molecule has 1 heterocycles. The topological polar surface area (TPSA) is 84.7 Å². The van der Waals surface area contributed by atoms with Gasteiger partial charge in [0, 0.05) is 24.5 Å². The molecule has 0 bridgehead atoms. The number of anilines is 2. The molecule has 1 atom stereocenters. The van der Waals surface area contributed by atoms with Gasteiger partial charge in [-0.3, -0.25) is 4.79 Å². The van der Waals surface area contributed by atoms with Gasteiger partial charge < -0.3 is 20.7 Å². The van der Waals surface area contributed by atoms with Crippen LogP contribution in [0.3, 0.4) is 0 Å². The Morgan fingerprint density at radius 3 is 3.00 bits per heavy atom. The van der Waals surface area contributed by atoms with E-state index >= 15 is 0 Å². The molecule has 108 valence electrons. The van der Waals surface area contributed by atoms with Crippen molar-refractivity contribution in [2.24, 2.45) is 0 Å². The summed E-state index contributed by atoms with van der Waals surface area (Å²) in [5.74, 6) is -0.466. The molecule has 1 aliphatic heterocycles. The average molecular weight is 277 g/mol. The lowest BCUT2D eigenvalue weighted by Gasteiger charge is -2.34. The number of hydrogen-bond donors (Lipinski definition) is 2. The van der Waals surface area contributed by atoms with Crippen LogP contribution < -0.4 is 16.0 Å². The quantitative estimate of drug-likeness (QED) is 0.629. The van der Waals surface area contributed by atoms with E-state index in [0.29, 0.717) is 30.9 Å². The summed E-state index contributed by atoms with van der Waals surface area (Å²) in [6.45, 7) is 5.15. The summed E-state index contributed by atoms with van der Waals surface area (Å²) in [7, 11) is 0. The highest BCUT2D eigenvalue weighted by molar-refractivity contribution is 5.96. The number of piperazine rings is 1. The van der Waals surface area contributed by atoms with Crippen LogP contribution in [0.15, 0.2) is 18.2 Å². The first kappa shape index (κ1) is 14.2. The van der Waals surface area contributed by atoms with Crippen molar-refractivity contribution in [1.82, 2.24) is 5.32 Å². The highest BCUT2D eigenvalue weighted by Crippen LogP contribution is 2.24. The number of nitrogen functional groups attached to an aromatic ring is 1. The van der Waals surface area contributed by atoms with Crippen LogP contribution in [0.25, 0.3) is 0 Å². The first-order valence-electron chi connectivity index (χ1n) is 6.65. The van der Waals surface area contributed by atoms with Crippen molar-refractivity contribution in [2.75, 3.05) is 30.3 Å². The molecule has 1 aromatic rings. The summed E-state index contributed by atoms with van der Waals surface area (Å²) in [6, 6.07) is 4.89. The summed E-state index contributed by atoms with van der Waals surface area (Å²) in [6.07, 6.45) is 0. The molecule has 1 aliphatic rings. The third-order valence-corrected chi connectivity index (χ3v) is 3.36. The van der Waals surface area contributed by atoms with Crippen molar-refractivity contribution in [2.45, 2.75) is 19.9 Å². The van der Waals surface area contributed by atoms with Crippen LogP contribution >= 0.6 is 0 Å². The number of hydrogen-bond acceptors (Lipinski definition) is 5. The third kappa shape index (κ3) is 2.68. The Kier molecular flexibility index (Phi) is 4.12. The van der Waals surface area contributed by atoms with Gasteiger partial charge in [0.25, 0.3) is 0 Å². The van der Waals surface area contributed by atoms with Crippen LogP contribution in [0, 0.1) is 0 Å². The summed E-state index contributed by atoms with van der Waals surface area (Å²) < 4.78 is 4.98. The molecule has 0 radical (unpaired) electrons. The molecule has 1 fully saturated rings. The van der Waals surface area contributed by atoms with Gasteiger partial charge in [-0.25, -0.2) is 4.79 Å². The number of benzene rings is 1. The fraction of sp³-hybridized carbons (Fsp3) is 0.429. The van der Waals surface area contributed by atoms with Crippen molar-refractivity contribution in [1.29, 1.82) is 0 Å². The standard InChI is InChI=1S/C14H19N3O3/c1-3-20-14(19)11-8-10(4-5-12(11)15)17-7-6-16-13(18)9(17)2/h4-5,8-9H,3,6-7,15H2,1-2H3,(H,16,18). The fourth-order valence-corrected chi connectivity index (χ4v) is 2.24. The van der Waals surface area contributed by atoms with Crippen LogP contribution in [-0.4, -0.2) is 37.6 Å². The van der Waals surface area contributed by atoms with Crippen molar-refractivity contribution in [3.05, 3.63) is 23.8 Å². The van der Waals surface area contributed by atoms with Gasteiger partial charge in [-0.2, -0.15) is 0 Å². The monoisotopic (exact) mass is 277 g/mol. The van der Waals surface area contributed by atoms with Crippen molar-refractivity contribution < 1.29 is 14.3 Å². The zero-order valence-corrected chi connectivity index (χ0v) is 11.7. The lowest BCUT2D eigenvalue weighted by atomic mass is 10.1. The predicted molar refractivity (Wildman–Crippen MR) is 76.6 cm³/mol. The van der Waals surface area contributed by atoms with Crippen LogP contribution in [0.1, 0.15) is 24.2 Å². The second-order valence-corrected chi connectivity index (χ2v) is 4.65. The molecule has 2 rings (SSSR count). The van der Waals surface area contributed by atoms with E-state index in [-0.39, 0.29) is 11.9 Å². The van der Waals surface area contributed by atoms with Crippen LogP contribution in [-0.2, 0) is 9.53 Å². The van der Waals surface area contributed by atoms with Crippen LogP contribution in [0.5, 0.6) is 0 Å². The van der Waals surface area contributed by atoms with E-state index in [2.05, 4.69) is 5.32 Å². The normalized spacial score (nSPS) is 18.6. The largest absolute Gasteiger partial charge is 0.462 e. The SMILES string of the molecule is CCOC(=O)c1cc(N2CCNC(=O)C2C)ccc1N. The maximum Gasteiger partial charge on any atom is 0.340 e. The molecular formula is C14H19N3O3. The van der Waals surface area contributed by atoms with Gasteiger partial charge in [0.05, 0.1) is 12.2 Å². The van der Waals surface area contributed by atoms with Gasteiger partial charge in [-0.15, -0.1) is 0 Å². The van der Waals surface area contributed by atoms with E-state index in [1.54, 1.807) is 19.1 Å². The number of ether oxygens (including phenoxy) is 1. The highest BCUT2D eigenvalue weighted by Gasteiger charge is 2.26. The molecule has 3 N–H and O–H groups in total. The molecule has 0 aromatic heterocycles. The number of nitrogens with zero attached hydrogens (tertiary/aromatic N) is 1. The summed E-state index contributed by atoms with van der Waals surface area (Å²) in [4.78, 5) is 25.5. The lowest BCUT2D eigenvalue weighted by Crippen LogP contribution is -2.54. The van der Waals surface area contributed by atoms with Gasteiger partial charge in [0.1, 0.15) is 6.04 Å². The zero-order valence-electron chi connectivity index (χ0n) is 11.7. The van der Waals surface area contributed by atoms with E-state index in [1.165, 1.54) is 0 Å². The number of esters is 1. The van der Waals surface area contributed by atoms with E-state index in [0.717, 1.165) is 5.69 Å². The molecular weight excluding hydrogens is 258 g/mol. The van der Waals surface area contributed by atoms with Crippen LogP contribution in [0.4, 0.5) is 11.4 Å². The third-order valence-electron chi connectivity index (χ3n) is 3.36. The smallest absolute Gasteiger partial charge is 0.340 e. The average Bonchev–Trinajstić information content (AvgIpc) is 2.43. The minimum Gasteiger partial charge on any atom is -0.462 e. The van der Waals surface area contributed by atoms with Crippen LogP contribution in [0.2, 0.25) is 0 Å². The van der Waals surface area contributed by atoms with Crippen molar-refractivity contribution in [3.8, 4) is 0 Å². The van der Waals surface area contributed by atoms with E-state index < -0.39 is 5.97 Å². The number of nitrogens with two attached hydrogens (primary N) is 1. The number of carbonyl (C=O) groups excluding carboxylic acids is 2. The predicted octanol–water partition coefficient (Wildman–Crippen LogP) is 0.770. The highest BCUT2D eigenvalue weighted by atomic mass is 16.5. The maximum absolute atomic E-state index is 11.8. The van der Waals surface area contributed by atoms with Gasteiger partial charge in [-0.05, 0) is 32.0 Å². The van der Waals surface area contributed by atoms with Gasteiger partial charge in [0.2, 0.25) is 5.91 Å². The first-order chi connectivity index (χ1) is 9.54. The molecule has 20 heavy (non-hydrogen) atoms.